The molecule has 1 fully saturated rings. The van der Waals surface area contributed by atoms with Crippen molar-refractivity contribution in [2.24, 2.45) is 11.3 Å². The normalized spacial score (nSPS) is 18.7. The number of aromatic nitrogens is 2. The van der Waals surface area contributed by atoms with Gasteiger partial charge in [-0.2, -0.15) is 0 Å². The third-order valence-corrected chi connectivity index (χ3v) is 5.12. The molecule has 20 heavy (non-hydrogen) atoms. The lowest BCUT2D eigenvalue weighted by Gasteiger charge is -2.22. The summed E-state index contributed by atoms with van der Waals surface area (Å²) in [6.07, 6.45) is 2.59. The van der Waals surface area contributed by atoms with Gasteiger partial charge in [0, 0.05) is 11.6 Å². The molecule has 0 aliphatic heterocycles. The number of halogens is 2. The van der Waals surface area contributed by atoms with Crippen molar-refractivity contribution in [3.05, 3.63) is 29.0 Å². The smallest absolute Gasteiger partial charge is 0.127 e. The lowest BCUT2D eigenvalue weighted by Crippen LogP contribution is -2.19. The molecule has 2 aromatic rings. The molecule has 0 radical (unpaired) electrons. The van der Waals surface area contributed by atoms with Crippen LogP contribution >= 0.6 is 23.2 Å². The van der Waals surface area contributed by atoms with Crippen LogP contribution in [-0.4, -0.2) is 9.55 Å². The van der Waals surface area contributed by atoms with Crippen LogP contribution in [0, 0.1) is 11.3 Å². The summed E-state index contributed by atoms with van der Waals surface area (Å²) < 4.78 is 2.28. The van der Waals surface area contributed by atoms with Crippen molar-refractivity contribution in [3.8, 4) is 0 Å². The predicted octanol–water partition coefficient (Wildman–Crippen LogP) is 5.43. The molecule has 0 spiro atoms. The molecule has 4 heteroatoms. The van der Waals surface area contributed by atoms with Gasteiger partial charge in [0.25, 0.3) is 0 Å². The number of benzene rings is 1. The Morgan fingerprint density at radius 3 is 2.55 bits per heavy atom. The first-order chi connectivity index (χ1) is 9.43. The van der Waals surface area contributed by atoms with E-state index in [-0.39, 0.29) is 5.38 Å². The van der Waals surface area contributed by atoms with E-state index in [1.54, 1.807) is 0 Å². The van der Waals surface area contributed by atoms with Crippen LogP contribution in [0.1, 0.15) is 44.8 Å². The van der Waals surface area contributed by atoms with Gasteiger partial charge in [-0.05, 0) is 49.3 Å². The molecule has 1 aromatic carbocycles. The molecule has 0 N–H and O–H groups in total. The summed E-state index contributed by atoms with van der Waals surface area (Å²) in [5.41, 5.74) is 2.50. The van der Waals surface area contributed by atoms with Gasteiger partial charge in [0.15, 0.2) is 0 Å². The van der Waals surface area contributed by atoms with E-state index < -0.39 is 0 Å². The molecule has 0 bridgehead atoms. The first kappa shape index (κ1) is 14.2. The largest absolute Gasteiger partial charge is 0.326 e. The van der Waals surface area contributed by atoms with Crippen molar-refractivity contribution < 1.29 is 0 Å². The van der Waals surface area contributed by atoms with Crippen molar-refractivity contribution in [2.75, 3.05) is 0 Å². The van der Waals surface area contributed by atoms with Crippen LogP contribution in [0.2, 0.25) is 5.02 Å². The lowest BCUT2D eigenvalue weighted by atomic mass is 9.92. The number of hydrogen-bond donors (Lipinski definition) is 0. The van der Waals surface area contributed by atoms with E-state index >= 15 is 0 Å². The van der Waals surface area contributed by atoms with Gasteiger partial charge in [0.2, 0.25) is 0 Å². The third kappa shape index (κ3) is 2.33. The zero-order valence-electron chi connectivity index (χ0n) is 12.2. The zero-order chi connectivity index (χ0) is 14.5. The Labute approximate surface area is 130 Å². The van der Waals surface area contributed by atoms with Gasteiger partial charge in [-0.15, -0.1) is 11.6 Å². The van der Waals surface area contributed by atoms with Crippen molar-refractivity contribution in [3.63, 3.8) is 0 Å². The number of hydrogen-bond acceptors (Lipinski definition) is 1. The fourth-order valence-corrected chi connectivity index (χ4v) is 3.31. The Bertz CT molecular complexity index is 639. The summed E-state index contributed by atoms with van der Waals surface area (Å²) in [4.78, 5) is 4.70. The number of alkyl halides is 1. The van der Waals surface area contributed by atoms with Gasteiger partial charge in [0.1, 0.15) is 5.82 Å². The molecule has 1 atom stereocenters. The number of fused-ring (bicyclic) bond motifs is 1. The quantitative estimate of drug-likeness (QED) is 0.689. The minimum absolute atomic E-state index is 0.0934. The maximum absolute atomic E-state index is 6.33. The first-order valence-electron chi connectivity index (χ1n) is 7.23. The Balaban J connectivity index is 2.11. The van der Waals surface area contributed by atoms with Gasteiger partial charge >= 0.3 is 0 Å². The first-order valence-corrected chi connectivity index (χ1v) is 8.04. The summed E-state index contributed by atoms with van der Waals surface area (Å²) in [5, 5.41) is 0.658. The highest BCUT2D eigenvalue weighted by Crippen LogP contribution is 2.53. The topological polar surface area (TPSA) is 17.8 Å². The lowest BCUT2D eigenvalue weighted by molar-refractivity contribution is 0.308. The Hall–Kier alpha value is -0.730. The summed E-state index contributed by atoms with van der Waals surface area (Å²) in [5.74, 6) is 1.63. The van der Waals surface area contributed by atoms with E-state index in [1.165, 1.54) is 12.8 Å². The third-order valence-electron chi connectivity index (χ3n) is 4.69. The molecular weight excluding hydrogens is 291 g/mol. The SMILES string of the molecule is CC(Cl)c1nc2ccc(Cl)cc2n1CC1(C(C)C)CC1. The molecule has 0 saturated heterocycles. The van der Waals surface area contributed by atoms with Crippen molar-refractivity contribution in [1.82, 2.24) is 9.55 Å². The van der Waals surface area contributed by atoms with E-state index in [9.17, 15) is 0 Å². The van der Waals surface area contributed by atoms with Crippen LogP contribution in [-0.2, 0) is 6.54 Å². The number of imidazole rings is 1. The van der Waals surface area contributed by atoms with Crippen molar-refractivity contribution >= 4 is 34.2 Å². The second-order valence-electron chi connectivity index (χ2n) is 6.32. The van der Waals surface area contributed by atoms with E-state index in [1.807, 2.05) is 25.1 Å². The summed E-state index contributed by atoms with van der Waals surface area (Å²) in [6.45, 7) is 7.59. The number of rotatable bonds is 4. The molecule has 2 nitrogen and oxygen atoms in total. The maximum Gasteiger partial charge on any atom is 0.127 e. The van der Waals surface area contributed by atoms with Gasteiger partial charge < -0.3 is 4.57 Å². The number of nitrogens with zero attached hydrogens (tertiary/aromatic N) is 2. The molecular formula is C16H20Cl2N2. The predicted molar refractivity (Wildman–Crippen MR) is 85.5 cm³/mol. The minimum atomic E-state index is -0.0934. The van der Waals surface area contributed by atoms with E-state index in [0.717, 1.165) is 28.4 Å². The summed E-state index contributed by atoms with van der Waals surface area (Å²) >= 11 is 12.5. The maximum atomic E-state index is 6.33. The second kappa shape index (κ2) is 4.92. The Kier molecular flexibility index (Phi) is 3.50. The highest BCUT2D eigenvalue weighted by atomic mass is 35.5. The van der Waals surface area contributed by atoms with Crippen LogP contribution in [0.3, 0.4) is 0 Å². The van der Waals surface area contributed by atoms with E-state index in [4.69, 9.17) is 28.2 Å². The van der Waals surface area contributed by atoms with Gasteiger partial charge in [-0.1, -0.05) is 25.4 Å². The molecule has 3 rings (SSSR count). The van der Waals surface area contributed by atoms with Crippen LogP contribution in [0.25, 0.3) is 11.0 Å². The van der Waals surface area contributed by atoms with Crippen LogP contribution < -0.4 is 0 Å². The zero-order valence-corrected chi connectivity index (χ0v) is 13.7. The molecule has 1 unspecified atom stereocenters. The van der Waals surface area contributed by atoms with Crippen LogP contribution in [0.4, 0.5) is 0 Å². The summed E-state index contributed by atoms with van der Waals surface area (Å²) in [7, 11) is 0. The van der Waals surface area contributed by atoms with Crippen molar-refractivity contribution in [2.45, 2.75) is 45.5 Å². The molecule has 1 heterocycles. The van der Waals surface area contributed by atoms with Crippen molar-refractivity contribution in [1.29, 1.82) is 0 Å². The van der Waals surface area contributed by atoms with Gasteiger partial charge in [0.05, 0.1) is 16.4 Å². The second-order valence-corrected chi connectivity index (χ2v) is 7.41. The van der Waals surface area contributed by atoms with E-state index in [2.05, 4.69) is 18.4 Å². The molecule has 1 aromatic heterocycles. The minimum Gasteiger partial charge on any atom is -0.326 e. The average Bonchev–Trinajstić information content (AvgIpc) is 3.08. The average molecular weight is 311 g/mol. The molecule has 1 aliphatic carbocycles. The fraction of sp³-hybridized carbons (Fsp3) is 0.562. The molecule has 1 aliphatic rings. The van der Waals surface area contributed by atoms with Crippen LogP contribution in [0.15, 0.2) is 18.2 Å². The Morgan fingerprint density at radius 2 is 2.00 bits per heavy atom. The monoisotopic (exact) mass is 310 g/mol. The highest BCUT2D eigenvalue weighted by molar-refractivity contribution is 6.31. The van der Waals surface area contributed by atoms with Gasteiger partial charge in [-0.25, -0.2) is 4.98 Å². The highest BCUT2D eigenvalue weighted by Gasteiger charge is 2.46. The van der Waals surface area contributed by atoms with Crippen LogP contribution in [0.5, 0.6) is 0 Å². The standard InChI is InChI=1S/C16H20Cl2N2/c1-10(2)16(6-7-16)9-20-14-8-12(18)4-5-13(14)19-15(20)11(3)17/h4-5,8,10-11H,6-7,9H2,1-3H3. The Morgan fingerprint density at radius 1 is 1.30 bits per heavy atom. The molecule has 1 saturated carbocycles. The van der Waals surface area contributed by atoms with Gasteiger partial charge in [-0.3, -0.25) is 0 Å². The summed E-state index contributed by atoms with van der Waals surface area (Å²) in [6, 6.07) is 5.87. The van der Waals surface area contributed by atoms with E-state index in [0.29, 0.717) is 11.3 Å². The fourth-order valence-electron chi connectivity index (χ4n) is 2.98. The molecule has 0 amide bonds. The molecule has 108 valence electrons.